The Morgan fingerprint density at radius 2 is 1.85 bits per heavy atom. The lowest BCUT2D eigenvalue weighted by Crippen LogP contribution is -2.22. The molecular formula is C15H13ClN6O4S. The van der Waals surface area contributed by atoms with E-state index in [1.807, 2.05) is 6.07 Å². The zero-order chi connectivity index (χ0) is 19.6. The van der Waals surface area contributed by atoms with Gasteiger partial charge in [-0.15, -0.1) is 5.10 Å². The summed E-state index contributed by atoms with van der Waals surface area (Å²) in [5.41, 5.74) is 0.468. The summed E-state index contributed by atoms with van der Waals surface area (Å²) in [6, 6.07) is 10.6. The molecule has 0 atom stereocenters. The summed E-state index contributed by atoms with van der Waals surface area (Å²) in [4.78, 5) is 11.6. The van der Waals surface area contributed by atoms with Crippen LogP contribution in [-0.4, -0.2) is 34.5 Å². The fraction of sp³-hybridized carbons (Fsp3) is 0. The van der Waals surface area contributed by atoms with Crippen LogP contribution in [0.4, 0.5) is 16.3 Å². The van der Waals surface area contributed by atoms with Crippen LogP contribution < -0.4 is 15.8 Å². The van der Waals surface area contributed by atoms with Crippen molar-refractivity contribution in [1.82, 2.24) is 15.0 Å². The van der Waals surface area contributed by atoms with Gasteiger partial charge in [0.15, 0.2) is 11.6 Å². The van der Waals surface area contributed by atoms with Crippen LogP contribution in [0.3, 0.4) is 0 Å². The number of phenols is 1. The van der Waals surface area contributed by atoms with Crippen LogP contribution in [-0.2, 0) is 10.0 Å². The molecule has 3 aromatic rings. The number of nitrogens with zero attached hydrogens (tertiary/aromatic N) is 3. The molecule has 0 unspecified atom stereocenters. The van der Waals surface area contributed by atoms with E-state index in [0.717, 1.165) is 0 Å². The van der Waals surface area contributed by atoms with Gasteiger partial charge in [-0.3, -0.25) is 5.32 Å². The van der Waals surface area contributed by atoms with Gasteiger partial charge in [-0.2, -0.15) is 4.68 Å². The number of nitrogens with one attached hydrogen (secondary N) is 2. The number of para-hydroxylation sites is 1. The van der Waals surface area contributed by atoms with Gasteiger partial charge in [-0.05, 0) is 24.3 Å². The molecule has 0 saturated heterocycles. The fourth-order valence-electron chi connectivity index (χ4n) is 2.27. The SMILES string of the molecule is NS(=O)(=O)c1c(Cl)ccc(NC(=O)Nc2cnnn2-c2ccccc2)c1O. The van der Waals surface area contributed by atoms with Gasteiger partial charge >= 0.3 is 6.03 Å². The molecule has 0 radical (unpaired) electrons. The van der Waals surface area contributed by atoms with Crippen LogP contribution in [0.5, 0.6) is 5.75 Å². The second kappa shape index (κ2) is 7.23. The van der Waals surface area contributed by atoms with Crippen LogP contribution in [0.1, 0.15) is 0 Å². The van der Waals surface area contributed by atoms with Gasteiger partial charge in [0, 0.05) is 0 Å². The highest BCUT2D eigenvalue weighted by Crippen LogP contribution is 2.36. The number of benzene rings is 2. The number of carbonyl (C=O) groups is 1. The number of sulfonamides is 1. The molecule has 0 aliphatic rings. The molecule has 0 bridgehead atoms. The first kappa shape index (κ1) is 18.6. The number of hydrogen-bond acceptors (Lipinski definition) is 6. The Morgan fingerprint density at radius 3 is 2.52 bits per heavy atom. The molecule has 2 aromatic carbocycles. The monoisotopic (exact) mass is 408 g/mol. The maximum atomic E-state index is 12.2. The summed E-state index contributed by atoms with van der Waals surface area (Å²) in [6.45, 7) is 0. The largest absolute Gasteiger partial charge is 0.504 e. The minimum Gasteiger partial charge on any atom is -0.504 e. The van der Waals surface area contributed by atoms with E-state index >= 15 is 0 Å². The lowest BCUT2D eigenvalue weighted by atomic mass is 10.3. The third-order valence-electron chi connectivity index (χ3n) is 3.41. The Labute approximate surface area is 158 Å². The van der Waals surface area contributed by atoms with Crippen molar-refractivity contribution in [3.05, 3.63) is 53.7 Å². The van der Waals surface area contributed by atoms with Gasteiger partial charge < -0.3 is 10.4 Å². The van der Waals surface area contributed by atoms with Gasteiger partial charge in [0.2, 0.25) is 10.0 Å². The molecule has 1 aromatic heterocycles. The lowest BCUT2D eigenvalue weighted by Gasteiger charge is -2.12. The predicted molar refractivity (Wildman–Crippen MR) is 98.5 cm³/mol. The third kappa shape index (κ3) is 4.00. The smallest absolute Gasteiger partial charge is 0.325 e. The van der Waals surface area contributed by atoms with E-state index in [-0.39, 0.29) is 16.5 Å². The van der Waals surface area contributed by atoms with E-state index in [4.69, 9.17) is 16.7 Å². The van der Waals surface area contributed by atoms with Gasteiger partial charge in [0.25, 0.3) is 0 Å². The highest BCUT2D eigenvalue weighted by Gasteiger charge is 2.22. The zero-order valence-corrected chi connectivity index (χ0v) is 15.1. The molecule has 5 N–H and O–H groups in total. The number of phenolic OH excluding ortho intramolecular Hbond substituents is 1. The predicted octanol–water partition coefficient (Wildman–Crippen LogP) is 1.92. The maximum Gasteiger partial charge on any atom is 0.325 e. The Kier molecular flexibility index (Phi) is 4.99. The highest BCUT2D eigenvalue weighted by molar-refractivity contribution is 7.89. The molecule has 140 valence electrons. The number of urea groups is 1. The van der Waals surface area contributed by atoms with Crippen molar-refractivity contribution >= 4 is 39.2 Å². The molecule has 0 aliphatic carbocycles. The minimum atomic E-state index is -4.29. The number of nitrogens with two attached hydrogens (primary N) is 1. The van der Waals surface area contributed by atoms with Crippen molar-refractivity contribution in [2.75, 3.05) is 10.6 Å². The van der Waals surface area contributed by atoms with Crippen molar-refractivity contribution in [1.29, 1.82) is 0 Å². The zero-order valence-electron chi connectivity index (χ0n) is 13.5. The first-order valence-electron chi connectivity index (χ1n) is 7.36. The normalized spacial score (nSPS) is 11.2. The van der Waals surface area contributed by atoms with Gasteiger partial charge in [0.1, 0.15) is 4.90 Å². The van der Waals surface area contributed by atoms with E-state index < -0.39 is 26.7 Å². The first-order chi connectivity index (χ1) is 12.8. The van der Waals surface area contributed by atoms with Crippen LogP contribution in [0.2, 0.25) is 5.02 Å². The number of hydrogen-bond donors (Lipinski definition) is 4. The Morgan fingerprint density at radius 1 is 1.15 bits per heavy atom. The number of rotatable bonds is 4. The highest BCUT2D eigenvalue weighted by atomic mass is 35.5. The van der Waals surface area contributed by atoms with Crippen molar-refractivity contribution in [2.45, 2.75) is 4.90 Å². The third-order valence-corrected chi connectivity index (χ3v) is 4.82. The average molecular weight is 409 g/mol. The van der Waals surface area contributed by atoms with Crippen LogP contribution >= 0.6 is 11.6 Å². The number of aromatic hydroxyl groups is 1. The topological polar surface area (TPSA) is 152 Å². The van der Waals surface area contributed by atoms with Crippen molar-refractivity contribution in [3.8, 4) is 11.4 Å². The van der Waals surface area contributed by atoms with Crippen molar-refractivity contribution in [3.63, 3.8) is 0 Å². The van der Waals surface area contributed by atoms with Crippen molar-refractivity contribution in [2.24, 2.45) is 5.14 Å². The Bertz CT molecular complexity index is 1100. The summed E-state index contributed by atoms with van der Waals surface area (Å²) < 4.78 is 24.5. The van der Waals surface area contributed by atoms with E-state index in [1.54, 1.807) is 24.3 Å². The molecule has 0 fully saturated rings. The van der Waals surface area contributed by atoms with Gasteiger partial charge in [-0.1, -0.05) is 35.0 Å². The summed E-state index contributed by atoms with van der Waals surface area (Å²) in [5, 5.41) is 27.3. The number of aromatic nitrogens is 3. The lowest BCUT2D eigenvalue weighted by molar-refractivity contribution is 0.262. The van der Waals surface area contributed by atoms with E-state index in [0.29, 0.717) is 5.69 Å². The molecule has 0 saturated carbocycles. The maximum absolute atomic E-state index is 12.2. The Hall–Kier alpha value is -3.15. The van der Waals surface area contributed by atoms with Gasteiger partial charge in [0.05, 0.1) is 22.6 Å². The van der Waals surface area contributed by atoms with E-state index in [9.17, 15) is 18.3 Å². The molecule has 2 amide bonds. The summed E-state index contributed by atoms with van der Waals surface area (Å²) in [6.07, 6.45) is 1.32. The van der Waals surface area contributed by atoms with Crippen LogP contribution in [0, 0.1) is 0 Å². The number of amides is 2. The number of anilines is 2. The quantitative estimate of drug-likeness (QED) is 0.484. The minimum absolute atomic E-state index is 0.195. The summed E-state index contributed by atoms with van der Waals surface area (Å²) in [5.74, 6) is -0.520. The summed E-state index contributed by atoms with van der Waals surface area (Å²) >= 11 is 5.76. The second-order valence-electron chi connectivity index (χ2n) is 5.26. The molecule has 3 rings (SSSR count). The van der Waals surface area contributed by atoms with Crippen LogP contribution in [0.25, 0.3) is 5.69 Å². The number of carbonyl (C=O) groups excluding carboxylic acids is 1. The fourth-order valence-corrected chi connectivity index (χ4v) is 3.46. The molecule has 0 spiro atoms. The average Bonchev–Trinajstić information content (AvgIpc) is 3.05. The number of primary sulfonamides is 1. The molecular weight excluding hydrogens is 396 g/mol. The molecule has 1 heterocycles. The van der Waals surface area contributed by atoms with E-state index in [2.05, 4.69) is 20.9 Å². The second-order valence-corrected chi connectivity index (χ2v) is 7.17. The molecule has 0 aliphatic heterocycles. The van der Waals surface area contributed by atoms with E-state index in [1.165, 1.54) is 23.0 Å². The molecule has 27 heavy (non-hydrogen) atoms. The standard InChI is InChI=1S/C15H13ClN6O4S/c16-10-6-7-11(13(23)14(10)27(17,25)26)19-15(24)20-12-8-18-21-22(12)9-4-2-1-3-5-9/h1-8,23H,(H2,17,25,26)(H2,19,20,24). The Balaban J connectivity index is 1.84. The van der Waals surface area contributed by atoms with Gasteiger partial charge in [-0.25, -0.2) is 18.4 Å². The van der Waals surface area contributed by atoms with Crippen LogP contribution in [0.15, 0.2) is 53.6 Å². The summed E-state index contributed by atoms with van der Waals surface area (Å²) in [7, 11) is -4.29. The molecule has 12 heteroatoms. The molecule has 10 nitrogen and oxygen atoms in total. The number of halogens is 1. The van der Waals surface area contributed by atoms with Crippen molar-refractivity contribution < 1.29 is 18.3 Å². The first-order valence-corrected chi connectivity index (χ1v) is 9.28.